The average Bonchev–Trinajstić information content (AvgIpc) is 3.65. The smallest absolute Gasteiger partial charge is 0.305 e. The Bertz CT molecular complexity index is 934. The Morgan fingerprint density at radius 3 is 1.83 bits per heavy atom. The molecule has 7 heteroatoms. The fraction of sp³-hybridized carbons (Fsp3) is 0.942. The zero-order chi connectivity index (χ0) is 43.0. The zero-order valence-corrected chi connectivity index (χ0v) is 40.4. The summed E-state index contributed by atoms with van der Waals surface area (Å²) in [6.45, 7) is 20.1. The van der Waals surface area contributed by atoms with Gasteiger partial charge in [-0.05, 0) is 103 Å². The monoisotopic (exact) mass is 834 g/mol. The summed E-state index contributed by atoms with van der Waals surface area (Å²) in [5.41, 5.74) is 0. The van der Waals surface area contributed by atoms with Crippen LogP contribution in [0.3, 0.4) is 0 Å². The molecule has 0 amide bonds. The van der Waals surface area contributed by atoms with Crippen LogP contribution in [-0.2, 0) is 14.3 Å². The highest BCUT2D eigenvalue weighted by Gasteiger charge is 2.22. The fourth-order valence-corrected chi connectivity index (χ4v) is 9.02. The van der Waals surface area contributed by atoms with Crippen LogP contribution in [0.1, 0.15) is 233 Å². The number of nitrogens with zero attached hydrogens (tertiary/aromatic N) is 2. The second kappa shape index (κ2) is 40.9. The summed E-state index contributed by atoms with van der Waals surface area (Å²) in [6.07, 6.45) is 38.7. The van der Waals surface area contributed by atoms with Gasteiger partial charge in [0, 0.05) is 31.5 Å². The molecular formula is C52H103N3O4. The summed E-state index contributed by atoms with van der Waals surface area (Å²) in [7, 11) is 2.26. The van der Waals surface area contributed by atoms with Gasteiger partial charge in [-0.2, -0.15) is 0 Å². The average molecular weight is 834 g/mol. The molecule has 0 bridgehead atoms. The number of hydrogen-bond acceptors (Lipinski definition) is 7. The fourth-order valence-electron chi connectivity index (χ4n) is 9.02. The van der Waals surface area contributed by atoms with Crippen LogP contribution in [-0.4, -0.2) is 92.6 Å². The lowest BCUT2D eigenvalue weighted by molar-refractivity contribution is -0.145. The first-order valence-electron chi connectivity index (χ1n) is 26.1. The predicted molar refractivity (Wildman–Crippen MR) is 255 cm³/mol. The van der Waals surface area contributed by atoms with E-state index >= 15 is 0 Å². The predicted octanol–water partition coefficient (Wildman–Crippen LogP) is 13.4. The number of ether oxygens (including phenoxy) is 2. The standard InChI is InChI=1S/C52H103N3O4/c1-7-11-15-19-21-25-33-48(32-24-17-13-9-3)46-59-52(57)37-28-23-29-41-55(42-38-50-36-30-40-54(50)6)45-51(56)44-53-39-31-43-58-47(5)49(34-26-18-14-10-4)35-27-22-20-16-12-8-2/h48-51,53,56H,5,7-46H2,1-4,6H3. The lowest BCUT2D eigenvalue weighted by atomic mass is 9.93. The number of nitrogens with one attached hydrogen (secondary N) is 1. The molecule has 0 aromatic rings. The minimum absolute atomic E-state index is 0.0146. The van der Waals surface area contributed by atoms with Crippen molar-refractivity contribution in [2.75, 3.05) is 59.5 Å². The number of aliphatic hydroxyl groups is 1. The maximum absolute atomic E-state index is 12.8. The molecule has 2 N–H and O–H groups in total. The Kier molecular flexibility index (Phi) is 38.7. The minimum atomic E-state index is -0.404. The van der Waals surface area contributed by atoms with Gasteiger partial charge in [0.1, 0.15) is 0 Å². The van der Waals surface area contributed by atoms with Crippen molar-refractivity contribution in [3.8, 4) is 0 Å². The Hall–Kier alpha value is -1.15. The van der Waals surface area contributed by atoms with Crippen molar-refractivity contribution in [2.24, 2.45) is 11.8 Å². The molecule has 0 saturated carbocycles. The largest absolute Gasteiger partial charge is 0.498 e. The van der Waals surface area contributed by atoms with Crippen LogP contribution in [0, 0.1) is 11.8 Å². The number of allylic oxidation sites excluding steroid dienone is 1. The number of esters is 1. The molecule has 0 aromatic carbocycles. The molecule has 350 valence electrons. The number of carbonyl (C=O) groups excluding carboxylic acids is 1. The van der Waals surface area contributed by atoms with E-state index in [1.165, 1.54) is 173 Å². The van der Waals surface area contributed by atoms with Gasteiger partial charge in [0.2, 0.25) is 0 Å². The van der Waals surface area contributed by atoms with Crippen LogP contribution in [0.25, 0.3) is 0 Å². The third-order valence-electron chi connectivity index (χ3n) is 13.1. The molecule has 1 aliphatic rings. The van der Waals surface area contributed by atoms with Crippen molar-refractivity contribution >= 4 is 5.97 Å². The minimum Gasteiger partial charge on any atom is -0.498 e. The van der Waals surface area contributed by atoms with Crippen molar-refractivity contribution in [1.82, 2.24) is 15.1 Å². The first-order chi connectivity index (χ1) is 28.8. The van der Waals surface area contributed by atoms with Crippen LogP contribution in [0.4, 0.5) is 0 Å². The van der Waals surface area contributed by atoms with Gasteiger partial charge < -0.3 is 29.7 Å². The van der Waals surface area contributed by atoms with Crippen LogP contribution in [0.5, 0.6) is 0 Å². The summed E-state index contributed by atoms with van der Waals surface area (Å²) in [6, 6.07) is 0.649. The summed E-state index contributed by atoms with van der Waals surface area (Å²) < 4.78 is 12.1. The third kappa shape index (κ3) is 33.1. The molecule has 0 radical (unpaired) electrons. The first-order valence-corrected chi connectivity index (χ1v) is 26.1. The van der Waals surface area contributed by atoms with Gasteiger partial charge >= 0.3 is 5.97 Å². The second-order valence-corrected chi connectivity index (χ2v) is 18.8. The number of hydrogen-bond donors (Lipinski definition) is 2. The Morgan fingerprint density at radius 1 is 0.712 bits per heavy atom. The maximum atomic E-state index is 12.8. The van der Waals surface area contributed by atoms with Gasteiger partial charge in [0.25, 0.3) is 0 Å². The number of rotatable bonds is 45. The molecule has 4 unspecified atom stereocenters. The van der Waals surface area contributed by atoms with Crippen LogP contribution in [0.2, 0.25) is 0 Å². The molecule has 1 heterocycles. The molecule has 7 nitrogen and oxygen atoms in total. The highest BCUT2D eigenvalue weighted by Crippen LogP contribution is 2.26. The lowest BCUT2D eigenvalue weighted by Crippen LogP contribution is -2.41. The van der Waals surface area contributed by atoms with Gasteiger partial charge in [0.15, 0.2) is 0 Å². The molecule has 1 rings (SSSR count). The summed E-state index contributed by atoms with van der Waals surface area (Å²) >= 11 is 0. The van der Waals surface area contributed by atoms with Crippen molar-refractivity contribution in [3.05, 3.63) is 12.3 Å². The molecule has 1 aliphatic heterocycles. The van der Waals surface area contributed by atoms with E-state index in [0.717, 1.165) is 57.5 Å². The molecule has 59 heavy (non-hydrogen) atoms. The Labute approximate surface area is 368 Å². The molecule has 4 atom stereocenters. The molecule has 0 aliphatic carbocycles. The van der Waals surface area contributed by atoms with E-state index in [-0.39, 0.29) is 5.97 Å². The highest BCUT2D eigenvalue weighted by atomic mass is 16.5. The van der Waals surface area contributed by atoms with Gasteiger partial charge in [-0.25, -0.2) is 0 Å². The quantitative estimate of drug-likeness (QED) is 0.0360. The van der Waals surface area contributed by atoms with Crippen LogP contribution >= 0.6 is 0 Å². The van der Waals surface area contributed by atoms with E-state index < -0.39 is 6.10 Å². The van der Waals surface area contributed by atoms with Crippen molar-refractivity contribution in [1.29, 1.82) is 0 Å². The van der Waals surface area contributed by atoms with Crippen LogP contribution in [0.15, 0.2) is 12.3 Å². The van der Waals surface area contributed by atoms with Crippen molar-refractivity contribution in [2.45, 2.75) is 245 Å². The van der Waals surface area contributed by atoms with E-state index in [9.17, 15) is 9.90 Å². The van der Waals surface area contributed by atoms with E-state index in [2.05, 4.69) is 56.4 Å². The number of aliphatic hydroxyl groups excluding tert-OH is 1. The molecule has 0 spiro atoms. The van der Waals surface area contributed by atoms with Crippen molar-refractivity contribution < 1.29 is 19.4 Å². The van der Waals surface area contributed by atoms with E-state index in [4.69, 9.17) is 9.47 Å². The summed E-state index contributed by atoms with van der Waals surface area (Å²) in [4.78, 5) is 17.7. The van der Waals surface area contributed by atoms with E-state index in [1.807, 2.05) is 0 Å². The topological polar surface area (TPSA) is 74.3 Å². The summed E-state index contributed by atoms with van der Waals surface area (Å²) in [5.74, 6) is 1.99. The van der Waals surface area contributed by atoms with Gasteiger partial charge in [-0.3, -0.25) is 4.79 Å². The first kappa shape index (κ1) is 55.9. The highest BCUT2D eigenvalue weighted by molar-refractivity contribution is 5.69. The maximum Gasteiger partial charge on any atom is 0.305 e. The van der Waals surface area contributed by atoms with E-state index in [1.54, 1.807) is 0 Å². The van der Waals surface area contributed by atoms with Crippen molar-refractivity contribution in [3.63, 3.8) is 0 Å². The number of unbranched alkanes of at least 4 members (excludes halogenated alkanes) is 18. The Balaban J connectivity index is 2.43. The SMILES string of the molecule is C=C(OCCCNCC(O)CN(CCCCCC(=O)OCC(CCCCCC)CCCCCCCC)CCC1CCCN1C)C(CCCCCC)CCCCCCCC. The molecule has 1 saturated heterocycles. The number of carbonyl (C=O) groups is 1. The molecular weight excluding hydrogens is 731 g/mol. The zero-order valence-electron chi connectivity index (χ0n) is 40.4. The van der Waals surface area contributed by atoms with Gasteiger partial charge in [-0.1, -0.05) is 169 Å². The second-order valence-electron chi connectivity index (χ2n) is 18.8. The van der Waals surface area contributed by atoms with Gasteiger partial charge in [-0.15, -0.1) is 0 Å². The lowest BCUT2D eigenvalue weighted by Gasteiger charge is -2.28. The summed E-state index contributed by atoms with van der Waals surface area (Å²) in [5, 5.41) is 14.6. The Morgan fingerprint density at radius 2 is 1.25 bits per heavy atom. The molecule has 1 fully saturated rings. The molecule has 0 aromatic heterocycles. The van der Waals surface area contributed by atoms with Gasteiger partial charge in [0.05, 0.1) is 25.1 Å². The third-order valence-corrected chi connectivity index (χ3v) is 13.1. The normalized spacial score (nSPS) is 16.2. The number of likely N-dealkylation sites (tertiary alicyclic amines) is 1. The van der Waals surface area contributed by atoms with E-state index in [0.29, 0.717) is 50.6 Å². The van der Waals surface area contributed by atoms with Crippen LogP contribution < -0.4 is 5.32 Å².